The van der Waals surface area contributed by atoms with Gasteiger partial charge >= 0.3 is 0 Å². The maximum atomic E-state index is 13.0. The van der Waals surface area contributed by atoms with Crippen LogP contribution in [0.5, 0.6) is 0 Å². The monoisotopic (exact) mass is 307 g/mol. The molecule has 0 heterocycles. The lowest BCUT2D eigenvalue weighted by atomic mass is 10.2. The zero-order chi connectivity index (χ0) is 13.0. The van der Waals surface area contributed by atoms with E-state index in [2.05, 4.69) is 21.2 Å². The van der Waals surface area contributed by atoms with Crippen molar-refractivity contribution in [3.05, 3.63) is 69.9 Å². The summed E-state index contributed by atoms with van der Waals surface area (Å²) in [5.41, 5.74) is 1.30. The number of amides is 1. The van der Waals surface area contributed by atoms with Gasteiger partial charge in [0, 0.05) is 11.0 Å². The Balaban J connectivity index is 2.03. The molecular formula is C14H11BrFNO. The van der Waals surface area contributed by atoms with Gasteiger partial charge in [0.05, 0.1) is 5.56 Å². The SMILES string of the molecule is O=C(NCc1cccc(F)c1)c1ccccc1Br. The summed E-state index contributed by atoms with van der Waals surface area (Å²) in [6, 6.07) is 13.3. The summed E-state index contributed by atoms with van der Waals surface area (Å²) in [7, 11) is 0. The second kappa shape index (κ2) is 5.78. The number of carbonyl (C=O) groups excluding carboxylic acids is 1. The largest absolute Gasteiger partial charge is 0.348 e. The highest BCUT2D eigenvalue weighted by Crippen LogP contribution is 2.15. The molecule has 0 bridgehead atoms. The number of nitrogens with one attached hydrogen (secondary N) is 1. The van der Waals surface area contributed by atoms with E-state index in [0.717, 1.165) is 10.0 Å². The van der Waals surface area contributed by atoms with Crippen molar-refractivity contribution in [3.63, 3.8) is 0 Å². The standard InChI is InChI=1S/C14H11BrFNO/c15-13-7-2-1-6-12(13)14(18)17-9-10-4-3-5-11(16)8-10/h1-8H,9H2,(H,17,18). The number of halogens is 2. The highest BCUT2D eigenvalue weighted by molar-refractivity contribution is 9.10. The average Bonchev–Trinajstić information content (AvgIpc) is 2.37. The van der Waals surface area contributed by atoms with Crippen molar-refractivity contribution in [2.75, 3.05) is 0 Å². The molecule has 0 radical (unpaired) electrons. The molecule has 18 heavy (non-hydrogen) atoms. The van der Waals surface area contributed by atoms with Crippen LogP contribution >= 0.6 is 15.9 Å². The third-order valence-corrected chi connectivity index (χ3v) is 3.15. The van der Waals surface area contributed by atoms with E-state index in [1.54, 1.807) is 30.3 Å². The zero-order valence-corrected chi connectivity index (χ0v) is 11.1. The van der Waals surface area contributed by atoms with Gasteiger partial charge in [0.1, 0.15) is 5.82 Å². The molecule has 0 aromatic heterocycles. The van der Waals surface area contributed by atoms with Crippen LogP contribution in [0.2, 0.25) is 0 Å². The van der Waals surface area contributed by atoms with Crippen molar-refractivity contribution < 1.29 is 9.18 Å². The molecule has 92 valence electrons. The molecule has 2 nitrogen and oxygen atoms in total. The third-order valence-electron chi connectivity index (χ3n) is 2.46. The number of rotatable bonds is 3. The molecule has 0 aliphatic heterocycles. The van der Waals surface area contributed by atoms with Gasteiger partial charge in [-0.05, 0) is 45.8 Å². The molecular weight excluding hydrogens is 297 g/mol. The van der Waals surface area contributed by atoms with Gasteiger partial charge < -0.3 is 5.32 Å². The maximum Gasteiger partial charge on any atom is 0.252 e. The summed E-state index contributed by atoms with van der Waals surface area (Å²) in [4.78, 5) is 11.9. The molecule has 2 rings (SSSR count). The number of carbonyl (C=O) groups is 1. The third kappa shape index (κ3) is 3.17. The van der Waals surface area contributed by atoms with Gasteiger partial charge in [-0.2, -0.15) is 0 Å². The Bertz CT molecular complexity index is 571. The fourth-order valence-electron chi connectivity index (χ4n) is 1.57. The van der Waals surface area contributed by atoms with Crippen LogP contribution < -0.4 is 5.32 Å². The van der Waals surface area contributed by atoms with E-state index in [1.807, 2.05) is 6.07 Å². The predicted molar refractivity (Wildman–Crippen MR) is 71.7 cm³/mol. The minimum absolute atomic E-state index is 0.188. The first-order chi connectivity index (χ1) is 8.66. The minimum atomic E-state index is -0.303. The first kappa shape index (κ1) is 12.8. The highest BCUT2D eigenvalue weighted by atomic mass is 79.9. The Morgan fingerprint density at radius 1 is 1.17 bits per heavy atom. The maximum absolute atomic E-state index is 13.0. The second-order valence-electron chi connectivity index (χ2n) is 3.79. The fourth-order valence-corrected chi connectivity index (χ4v) is 2.03. The molecule has 0 saturated carbocycles. The summed E-state index contributed by atoms with van der Waals surface area (Å²) in [6.07, 6.45) is 0. The first-order valence-corrected chi connectivity index (χ1v) is 6.23. The highest BCUT2D eigenvalue weighted by Gasteiger charge is 2.08. The average molecular weight is 308 g/mol. The van der Waals surface area contributed by atoms with Crippen LogP contribution in [0.3, 0.4) is 0 Å². The van der Waals surface area contributed by atoms with Crippen molar-refractivity contribution in [3.8, 4) is 0 Å². The summed E-state index contributed by atoms with van der Waals surface area (Å²) >= 11 is 3.31. The lowest BCUT2D eigenvalue weighted by molar-refractivity contribution is 0.0950. The van der Waals surface area contributed by atoms with E-state index >= 15 is 0 Å². The van der Waals surface area contributed by atoms with Crippen molar-refractivity contribution in [1.82, 2.24) is 5.32 Å². The Kier molecular flexibility index (Phi) is 4.10. The molecule has 0 aliphatic carbocycles. The summed E-state index contributed by atoms with van der Waals surface area (Å²) in [5, 5.41) is 2.75. The van der Waals surface area contributed by atoms with Crippen LogP contribution in [0.4, 0.5) is 4.39 Å². The molecule has 0 fully saturated rings. The molecule has 1 N–H and O–H groups in total. The van der Waals surface area contributed by atoms with Crippen LogP contribution in [-0.4, -0.2) is 5.91 Å². The molecule has 1 amide bonds. The second-order valence-corrected chi connectivity index (χ2v) is 4.65. The molecule has 0 aliphatic rings. The topological polar surface area (TPSA) is 29.1 Å². The van der Waals surface area contributed by atoms with Crippen LogP contribution in [0.1, 0.15) is 15.9 Å². The summed E-state index contributed by atoms with van der Waals surface area (Å²) in [6.45, 7) is 0.303. The number of benzene rings is 2. The van der Waals surface area contributed by atoms with Crippen LogP contribution in [0, 0.1) is 5.82 Å². The molecule has 0 unspecified atom stereocenters. The van der Waals surface area contributed by atoms with Crippen molar-refractivity contribution in [2.24, 2.45) is 0 Å². The molecule has 0 atom stereocenters. The van der Waals surface area contributed by atoms with Crippen LogP contribution in [0.25, 0.3) is 0 Å². The minimum Gasteiger partial charge on any atom is -0.348 e. The molecule has 2 aromatic rings. The quantitative estimate of drug-likeness (QED) is 0.923. The Hall–Kier alpha value is -1.68. The lowest BCUT2D eigenvalue weighted by Crippen LogP contribution is -2.23. The van der Waals surface area contributed by atoms with Gasteiger partial charge in [-0.1, -0.05) is 24.3 Å². The fraction of sp³-hybridized carbons (Fsp3) is 0.0714. The number of hydrogen-bond acceptors (Lipinski definition) is 1. The molecule has 4 heteroatoms. The van der Waals surface area contributed by atoms with E-state index in [4.69, 9.17) is 0 Å². The van der Waals surface area contributed by atoms with Crippen LogP contribution in [-0.2, 0) is 6.54 Å². The summed E-state index contributed by atoms with van der Waals surface area (Å²) in [5.74, 6) is -0.491. The van der Waals surface area contributed by atoms with Crippen LogP contribution in [0.15, 0.2) is 53.0 Å². The van der Waals surface area contributed by atoms with Crippen molar-refractivity contribution in [1.29, 1.82) is 0 Å². The van der Waals surface area contributed by atoms with Crippen molar-refractivity contribution >= 4 is 21.8 Å². The zero-order valence-electron chi connectivity index (χ0n) is 9.49. The summed E-state index contributed by atoms with van der Waals surface area (Å²) < 4.78 is 13.7. The number of hydrogen-bond donors (Lipinski definition) is 1. The van der Waals surface area contributed by atoms with Gasteiger partial charge in [-0.3, -0.25) is 4.79 Å². The van der Waals surface area contributed by atoms with Gasteiger partial charge in [-0.25, -0.2) is 4.39 Å². The van der Waals surface area contributed by atoms with E-state index in [1.165, 1.54) is 12.1 Å². The predicted octanol–water partition coefficient (Wildman–Crippen LogP) is 3.52. The normalized spacial score (nSPS) is 10.1. The molecule has 0 spiro atoms. The van der Waals surface area contributed by atoms with Gasteiger partial charge in [-0.15, -0.1) is 0 Å². The Morgan fingerprint density at radius 3 is 2.67 bits per heavy atom. The van der Waals surface area contributed by atoms with Crippen molar-refractivity contribution in [2.45, 2.75) is 6.54 Å². The van der Waals surface area contributed by atoms with E-state index in [9.17, 15) is 9.18 Å². The van der Waals surface area contributed by atoms with E-state index < -0.39 is 0 Å². The molecule has 0 saturated heterocycles. The smallest absolute Gasteiger partial charge is 0.252 e. The lowest BCUT2D eigenvalue weighted by Gasteiger charge is -2.06. The van der Waals surface area contributed by atoms with E-state index in [0.29, 0.717) is 12.1 Å². The van der Waals surface area contributed by atoms with Gasteiger partial charge in [0.25, 0.3) is 5.91 Å². The Morgan fingerprint density at radius 2 is 1.94 bits per heavy atom. The first-order valence-electron chi connectivity index (χ1n) is 5.44. The Labute approximate surface area is 113 Å². The van der Waals surface area contributed by atoms with E-state index in [-0.39, 0.29) is 11.7 Å². The van der Waals surface area contributed by atoms with Gasteiger partial charge in [0.15, 0.2) is 0 Å². The molecule has 2 aromatic carbocycles. The van der Waals surface area contributed by atoms with Gasteiger partial charge in [0.2, 0.25) is 0 Å².